The summed E-state index contributed by atoms with van der Waals surface area (Å²) in [6.45, 7) is 2.09. The van der Waals surface area contributed by atoms with Gasteiger partial charge in [-0.15, -0.1) is 0 Å². The van der Waals surface area contributed by atoms with Crippen LogP contribution in [0.3, 0.4) is 0 Å². The maximum Gasteiger partial charge on any atom is 0.305 e. The first-order chi connectivity index (χ1) is 9.13. The van der Waals surface area contributed by atoms with E-state index < -0.39 is 0 Å². The lowest BCUT2D eigenvalue weighted by atomic mass is 9.94. The molecule has 2 aromatic rings. The van der Waals surface area contributed by atoms with Gasteiger partial charge in [0.15, 0.2) is 0 Å². The van der Waals surface area contributed by atoms with Gasteiger partial charge in [0.05, 0.1) is 7.11 Å². The monoisotopic (exact) mass is 257 g/mol. The topological polar surface area (TPSA) is 52.3 Å². The van der Waals surface area contributed by atoms with Gasteiger partial charge in [0.1, 0.15) is 0 Å². The van der Waals surface area contributed by atoms with Crippen molar-refractivity contribution >= 4 is 16.7 Å². The van der Waals surface area contributed by atoms with E-state index in [-0.39, 0.29) is 12.0 Å². The standard InChI is InChI=1S/C16H19NO2/c1-11-7-8-14(13-6-4-3-5-12(11)13)15(17)9-10-16(18)19-2/h3-8,15H,9-10,17H2,1-2H3. The Bertz CT molecular complexity index is 592. The summed E-state index contributed by atoms with van der Waals surface area (Å²) in [5, 5.41) is 2.38. The minimum Gasteiger partial charge on any atom is -0.469 e. The summed E-state index contributed by atoms with van der Waals surface area (Å²) in [4.78, 5) is 11.2. The Balaban J connectivity index is 2.29. The molecule has 0 aromatic heterocycles. The molecule has 0 fully saturated rings. The molecule has 2 aromatic carbocycles. The van der Waals surface area contributed by atoms with E-state index in [9.17, 15) is 4.79 Å². The first kappa shape index (κ1) is 13.6. The highest BCUT2D eigenvalue weighted by molar-refractivity contribution is 5.89. The first-order valence-corrected chi connectivity index (χ1v) is 6.44. The van der Waals surface area contributed by atoms with Crippen LogP contribution >= 0.6 is 0 Å². The van der Waals surface area contributed by atoms with Crippen molar-refractivity contribution in [3.05, 3.63) is 47.5 Å². The van der Waals surface area contributed by atoms with Crippen LogP contribution in [-0.4, -0.2) is 13.1 Å². The Morgan fingerprint density at radius 1 is 1.21 bits per heavy atom. The number of benzene rings is 2. The third kappa shape index (κ3) is 2.93. The molecule has 0 aliphatic rings. The van der Waals surface area contributed by atoms with Crippen LogP contribution in [0.15, 0.2) is 36.4 Å². The first-order valence-electron chi connectivity index (χ1n) is 6.44. The highest BCUT2D eigenvalue weighted by atomic mass is 16.5. The van der Waals surface area contributed by atoms with Gasteiger partial charge < -0.3 is 10.5 Å². The van der Waals surface area contributed by atoms with Crippen molar-refractivity contribution in [1.29, 1.82) is 0 Å². The SMILES string of the molecule is COC(=O)CCC(N)c1ccc(C)c2ccccc12. The van der Waals surface area contributed by atoms with Crippen molar-refractivity contribution in [1.82, 2.24) is 0 Å². The molecule has 1 atom stereocenters. The predicted molar refractivity (Wildman–Crippen MR) is 76.9 cm³/mol. The number of carbonyl (C=O) groups excluding carboxylic acids is 1. The smallest absolute Gasteiger partial charge is 0.305 e. The molecular formula is C16H19NO2. The van der Waals surface area contributed by atoms with Crippen LogP contribution in [-0.2, 0) is 9.53 Å². The average molecular weight is 257 g/mol. The van der Waals surface area contributed by atoms with E-state index in [1.54, 1.807) is 0 Å². The number of hydrogen-bond donors (Lipinski definition) is 1. The highest BCUT2D eigenvalue weighted by Gasteiger charge is 2.12. The lowest BCUT2D eigenvalue weighted by Gasteiger charge is -2.15. The number of aryl methyl sites for hydroxylation is 1. The number of esters is 1. The summed E-state index contributed by atoms with van der Waals surface area (Å²) >= 11 is 0. The molecule has 3 nitrogen and oxygen atoms in total. The molecule has 0 aliphatic heterocycles. The number of carbonyl (C=O) groups is 1. The zero-order valence-corrected chi connectivity index (χ0v) is 11.3. The number of methoxy groups -OCH3 is 1. The Labute approximate surface area is 113 Å². The minimum atomic E-state index is -0.216. The van der Waals surface area contributed by atoms with E-state index in [2.05, 4.69) is 35.9 Å². The number of hydrogen-bond acceptors (Lipinski definition) is 3. The molecule has 2 rings (SSSR count). The molecule has 0 bridgehead atoms. The molecule has 0 amide bonds. The molecule has 2 N–H and O–H groups in total. The maximum absolute atomic E-state index is 11.2. The maximum atomic E-state index is 11.2. The molecule has 0 radical (unpaired) electrons. The van der Waals surface area contributed by atoms with Gasteiger partial charge in [-0.05, 0) is 35.2 Å². The fourth-order valence-corrected chi connectivity index (χ4v) is 2.33. The van der Waals surface area contributed by atoms with Gasteiger partial charge in [-0.2, -0.15) is 0 Å². The molecular weight excluding hydrogens is 238 g/mol. The molecule has 0 saturated heterocycles. The van der Waals surface area contributed by atoms with Crippen LogP contribution in [0.25, 0.3) is 10.8 Å². The quantitative estimate of drug-likeness (QED) is 0.856. The van der Waals surface area contributed by atoms with Crippen LogP contribution in [0.5, 0.6) is 0 Å². The lowest BCUT2D eigenvalue weighted by molar-refractivity contribution is -0.140. The van der Waals surface area contributed by atoms with Crippen LogP contribution in [0.2, 0.25) is 0 Å². The molecule has 1 unspecified atom stereocenters. The molecule has 19 heavy (non-hydrogen) atoms. The van der Waals surface area contributed by atoms with Crippen LogP contribution < -0.4 is 5.73 Å². The van der Waals surface area contributed by atoms with Gasteiger partial charge in [0, 0.05) is 12.5 Å². The van der Waals surface area contributed by atoms with Gasteiger partial charge in [0.25, 0.3) is 0 Å². The second kappa shape index (κ2) is 5.85. The van der Waals surface area contributed by atoms with Gasteiger partial charge in [-0.25, -0.2) is 0 Å². The fourth-order valence-electron chi connectivity index (χ4n) is 2.33. The number of fused-ring (bicyclic) bond motifs is 1. The Morgan fingerprint density at radius 2 is 1.89 bits per heavy atom. The summed E-state index contributed by atoms with van der Waals surface area (Å²) < 4.78 is 4.65. The van der Waals surface area contributed by atoms with E-state index in [1.807, 2.05) is 12.1 Å². The molecule has 0 aliphatic carbocycles. The Morgan fingerprint density at radius 3 is 2.58 bits per heavy atom. The van der Waals surface area contributed by atoms with Crippen molar-refractivity contribution in [2.24, 2.45) is 5.73 Å². The predicted octanol–water partition coefficient (Wildman–Crippen LogP) is 3.10. The largest absolute Gasteiger partial charge is 0.469 e. The molecule has 100 valence electrons. The average Bonchev–Trinajstić information content (AvgIpc) is 2.45. The second-order valence-electron chi connectivity index (χ2n) is 4.74. The van der Waals surface area contributed by atoms with E-state index in [1.165, 1.54) is 23.4 Å². The van der Waals surface area contributed by atoms with Gasteiger partial charge >= 0.3 is 5.97 Å². The van der Waals surface area contributed by atoms with Crippen LogP contribution in [0.4, 0.5) is 0 Å². The Kier molecular flexibility index (Phi) is 4.17. The van der Waals surface area contributed by atoms with Gasteiger partial charge in [-0.1, -0.05) is 36.4 Å². The van der Waals surface area contributed by atoms with Crippen molar-refractivity contribution in [2.75, 3.05) is 7.11 Å². The molecule has 0 saturated carbocycles. The summed E-state index contributed by atoms with van der Waals surface area (Å²) in [5.74, 6) is -0.216. The molecule has 3 heteroatoms. The zero-order chi connectivity index (χ0) is 13.8. The third-order valence-corrected chi connectivity index (χ3v) is 3.46. The normalized spacial score (nSPS) is 12.4. The van der Waals surface area contributed by atoms with E-state index in [0.717, 1.165) is 5.56 Å². The minimum absolute atomic E-state index is 0.149. The summed E-state index contributed by atoms with van der Waals surface area (Å²) in [6, 6.07) is 12.2. The lowest BCUT2D eigenvalue weighted by Crippen LogP contribution is -2.13. The molecule has 0 heterocycles. The van der Waals surface area contributed by atoms with Crippen molar-refractivity contribution < 1.29 is 9.53 Å². The van der Waals surface area contributed by atoms with Gasteiger partial charge in [0.2, 0.25) is 0 Å². The summed E-state index contributed by atoms with van der Waals surface area (Å²) in [6.07, 6.45) is 0.944. The highest BCUT2D eigenvalue weighted by Crippen LogP contribution is 2.27. The summed E-state index contributed by atoms with van der Waals surface area (Å²) in [5.41, 5.74) is 8.53. The second-order valence-corrected chi connectivity index (χ2v) is 4.74. The number of nitrogens with two attached hydrogens (primary N) is 1. The fraction of sp³-hybridized carbons (Fsp3) is 0.312. The number of ether oxygens (including phenoxy) is 1. The Hall–Kier alpha value is -1.87. The van der Waals surface area contributed by atoms with E-state index >= 15 is 0 Å². The summed E-state index contributed by atoms with van der Waals surface area (Å²) in [7, 11) is 1.40. The van der Waals surface area contributed by atoms with Crippen LogP contribution in [0, 0.1) is 6.92 Å². The van der Waals surface area contributed by atoms with E-state index in [0.29, 0.717) is 12.8 Å². The number of rotatable bonds is 4. The molecule has 0 spiro atoms. The van der Waals surface area contributed by atoms with E-state index in [4.69, 9.17) is 5.73 Å². The van der Waals surface area contributed by atoms with Crippen molar-refractivity contribution in [3.8, 4) is 0 Å². The van der Waals surface area contributed by atoms with Crippen molar-refractivity contribution in [3.63, 3.8) is 0 Å². The zero-order valence-electron chi connectivity index (χ0n) is 11.3. The van der Waals surface area contributed by atoms with Crippen molar-refractivity contribution in [2.45, 2.75) is 25.8 Å². The van der Waals surface area contributed by atoms with Crippen LogP contribution in [0.1, 0.15) is 30.0 Å². The third-order valence-electron chi connectivity index (χ3n) is 3.46. The van der Waals surface area contributed by atoms with Gasteiger partial charge in [-0.3, -0.25) is 4.79 Å².